The average molecular weight is 1750 g/mol. The van der Waals surface area contributed by atoms with Gasteiger partial charge in [0.1, 0.15) is 0 Å². The van der Waals surface area contributed by atoms with Gasteiger partial charge in [0.2, 0.25) is 9.84 Å². The van der Waals surface area contributed by atoms with E-state index in [-0.39, 0.29) is 63.2 Å². The summed E-state index contributed by atoms with van der Waals surface area (Å²) in [4.78, 5) is 13.2. The Kier molecular flexibility index (Phi) is 17.5. The SMILES string of the molecule is CN1[CH-]N(c2[c-]cccc2)C=C1c1ccc2c(c1)S(=O)(=O)c1ccccc1-2.CN1[CH-]N(c2[c-]cccc2)C=C1c1ccc2c(c1)[Se](=O)c1ccccc1-2.CN1[CH-]N(c2[c-]cccc2)C=C1c1ccc2c(c1)[se]c1ccccc12.[Pt].[Pt].[Pt]. The first-order valence-corrected chi connectivity index (χ1v) is 30.9. The van der Waals surface area contributed by atoms with Crippen LogP contribution in [-0.4, -0.2) is 72.6 Å². The summed E-state index contributed by atoms with van der Waals surface area (Å²) in [5, 5.41) is 2.81. The molecule has 81 heavy (non-hydrogen) atoms. The summed E-state index contributed by atoms with van der Waals surface area (Å²) in [5.74, 6) is 0. The molecule has 1 aromatic heterocycles. The summed E-state index contributed by atoms with van der Waals surface area (Å²) in [6.45, 7) is 6.10. The Bertz CT molecular complexity index is 4220. The van der Waals surface area contributed by atoms with Gasteiger partial charge >= 0.3 is 310 Å². The Hall–Kier alpha value is -6.15. The zero-order valence-corrected chi connectivity index (χ0v) is 54.7. The Morgan fingerprint density at radius 1 is 0.420 bits per heavy atom. The molecule has 0 N–H and O–H groups in total. The van der Waals surface area contributed by atoms with Crippen LogP contribution in [0.2, 0.25) is 0 Å². The van der Waals surface area contributed by atoms with Crippen molar-refractivity contribution in [2.24, 2.45) is 0 Å². The number of hydrogen-bond acceptors (Lipinski definition) is 9. The van der Waals surface area contributed by atoms with Crippen molar-refractivity contribution in [1.82, 2.24) is 14.7 Å². The monoisotopic (exact) mass is 1750 g/mol. The molecule has 0 bridgehead atoms. The molecule has 0 amide bonds. The van der Waals surface area contributed by atoms with Crippen molar-refractivity contribution in [1.29, 1.82) is 0 Å². The van der Waals surface area contributed by atoms with Gasteiger partial charge in [0, 0.05) is 80.0 Å². The van der Waals surface area contributed by atoms with Crippen molar-refractivity contribution < 1.29 is 75.4 Å². The standard InChI is InChI=1S/C22H16N2O2S.C22H16N2OSe.C22H16N2Se.3Pt/c1-23-15-24(17-7-3-2-4-8-17)14-20(23)16-11-12-19-18-9-5-6-10-21(18)27(25,26)22(19)13-16;1-23-15-24(17-7-3-2-4-8-17)14-20(23)16-11-12-19-18-9-5-6-10-21(18)26(25)22(19)13-16;1-23-15-24(17-7-3-2-4-8-17)14-20(23)16-11-12-19-18-9-5-6-10-21(18)25-22(19)13-16;;;/h2-7,9-15H,1H3;2-7,9-15H,1H3;2-7,9-15H,1H3;;;/q3*-2;;;. The molecule has 0 saturated heterocycles. The number of sulfone groups is 1. The molecule has 5 aliphatic rings. The molecule has 0 aliphatic carbocycles. The van der Waals surface area contributed by atoms with Gasteiger partial charge in [-0.3, -0.25) is 0 Å². The number of hydrogen-bond donors (Lipinski definition) is 0. The minimum atomic E-state index is -3.48. The van der Waals surface area contributed by atoms with E-state index >= 15 is 0 Å². The summed E-state index contributed by atoms with van der Waals surface area (Å²) in [6, 6.07) is 76.3. The van der Waals surface area contributed by atoms with Crippen LogP contribution < -0.4 is 23.6 Å². The van der Waals surface area contributed by atoms with Crippen LogP contribution in [0.1, 0.15) is 16.7 Å². The molecular formula is C66H48N6O3Pt3SSe2-6. The van der Waals surface area contributed by atoms with Crippen LogP contribution in [0.15, 0.2) is 229 Å². The van der Waals surface area contributed by atoms with Crippen molar-refractivity contribution in [2.45, 2.75) is 9.79 Å². The van der Waals surface area contributed by atoms with Crippen LogP contribution in [-0.2, 0) is 76.9 Å². The summed E-state index contributed by atoms with van der Waals surface area (Å²) >= 11 is -1.79. The normalized spacial score (nSPS) is 15.8. The van der Waals surface area contributed by atoms with Crippen molar-refractivity contribution in [3.05, 3.63) is 274 Å². The summed E-state index contributed by atoms with van der Waals surface area (Å²) in [5.41, 5.74) is 13.2. The molecule has 9 aromatic carbocycles. The van der Waals surface area contributed by atoms with E-state index in [0.29, 0.717) is 24.3 Å². The van der Waals surface area contributed by atoms with Crippen LogP contribution >= 0.6 is 0 Å². The van der Waals surface area contributed by atoms with E-state index in [4.69, 9.17) is 0 Å². The van der Waals surface area contributed by atoms with Gasteiger partial charge in [-0.15, -0.1) is 5.69 Å². The van der Waals surface area contributed by atoms with Gasteiger partial charge in [-0.05, 0) is 30.9 Å². The molecule has 15 rings (SSSR count). The van der Waals surface area contributed by atoms with E-state index in [1.807, 2.05) is 153 Å². The summed E-state index contributed by atoms with van der Waals surface area (Å²) in [7, 11) is 2.60. The zero-order chi connectivity index (χ0) is 53.1. The largest absolute Gasteiger partial charge is 0 e. The fraction of sp³-hybridized carbons (Fsp3) is 0.0455. The molecular weight excluding hydrogens is 1700 g/mol. The molecule has 6 heterocycles. The minimum absolute atomic E-state index is 0. The summed E-state index contributed by atoms with van der Waals surface area (Å²) < 4.78 is 43.8. The molecule has 10 aromatic rings. The van der Waals surface area contributed by atoms with Crippen molar-refractivity contribution in [3.63, 3.8) is 0 Å². The summed E-state index contributed by atoms with van der Waals surface area (Å²) in [6.07, 6.45) is 6.26. The van der Waals surface area contributed by atoms with Crippen molar-refractivity contribution >= 4 is 101 Å². The smallest absolute Gasteiger partial charge is 0 e. The van der Waals surface area contributed by atoms with Gasteiger partial charge in [0.15, 0.2) is 0 Å². The van der Waals surface area contributed by atoms with Crippen LogP contribution in [0.3, 0.4) is 0 Å². The zero-order valence-electron chi connectivity index (χ0n) is 43.6. The number of rotatable bonds is 6. The second-order valence-corrected chi connectivity index (χ2v) is 26.3. The molecule has 0 spiro atoms. The number of nitrogens with zero attached hydrogens (tertiary/aromatic N) is 6. The molecule has 0 fully saturated rings. The third-order valence-corrected chi connectivity index (χ3v) is 21.7. The maximum atomic E-state index is 13.0. The van der Waals surface area contributed by atoms with E-state index < -0.39 is 23.7 Å². The minimum Gasteiger partial charge on any atom is 0 e. The predicted octanol–water partition coefficient (Wildman–Crippen LogP) is 11.8. The van der Waals surface area contributed by atoms with E-state index in [1.165, 1.54) is 30.6 Å². The number of benzene rings is 9. The average Bonchev–Trinajstić information content (AvgIpc) is 3.91. The van der Waals surface area contributed by atoms with Gasteiger partial charge in [-0.2, -0.15) is 37.0 Å². The molecule has 5 aliphatic heterocycles. The van der Waals surface area contributed by atoms with Gasteiger partial charge in [0.25, 0.3) is 0 Å². The maximum absolute atomic E-state index is 13.0. The molecule has 0 saturated carbocycles. The Morgan fingerprint density at radius 3 is 1.42 bits per heavy atom. The molecule has 15 heteroatoms. The van der Waals surface area contributed by atoms with Gasteiger partial charge < -0.3 is 9.80 Å². The maximum Gasteiger partial charge on any atom is 0 e. The second kappa shape index (κ2) is 24.4. The van der Waals surface area contributed by atoms with Crippen molar-refractivity contribution in [2.75, 3.05) is 35.8 Å². The first-order chi connectivity index (χ1) is 38.1. The third kappa shape index (κ3) is 11.0. The van der Waals surface area contributed by atoms with Crippen LogP contribution in [0.5, 0.6) is 0 Å². The molecule has 0 radical (unpaired) electrons. The number of para-hydroxylation sites is 3. The Morgan fingerprint density at radius 2 is 0.852 bits per heavy atom. The molecule has 414 valence electrons. The fourth-order valence-electron chi connectivity index (χ4n) is 10.5. The van der Waals surface area contributed by atoms with E-state index in [9.17, 15) is 12.3 Å². The van der Waals surface area contributed by atoms with E-state index in [0.717, 1.165) is 70.8 Å². The fourth-order valence-corrected chi connectivity index (χ4v) is 17.6. The van der Waals surface area contributed by atoms with Crippen LogP contribution in [0.25, 0.3) is 58.6 Å². The topological polar surface area (TPSA) is 70.7 Å². The van der Waals surface area contributed by atoms with Gasteiger partial charge in [0.05, 0.1) is 9.79 Å². The second-order valence-electron chi connectivity index (χ2n) is 19.2. The predicted molar refractivity (Wildman–Crippen MR) is 317 cm³/mol. The van der Waals surface area contributed by atoms with E-state index in [1.54, 1.807) is 18.2 Å². The quantitative estimate of drug-likeness (QED) is 0.120. The number of fused-ring (bicyclic) bond motifs is 9. The number of anilines is 3. The Labute approximate surface area is 527 Å². The Balaban J connectivity index is 0.000000134. The molecule has 1 atom stereocenters. The van der Waals surface area contributed by atoms with E-state index in [2.05, 4.69) is 137 Å². The first kappa shape index (κ1) is 58.1. The van der Waals surface area contributed by atoms with Crippen molar-refractivity contribution in [3.8, 4) is 22.3 Å². The van der Waals surface area contributed by atoms with Gasteiger partial charge in [-0.25, -0.2) is 8.42 Å². The molecule has 1 unspecified atom stereocenters. The van der Waals surface area contributed by atoms with Crippen LogP contribution in [0, 0.1) is 38.2 Å². The molecule has 9 nitrogen and oxygen atoms in total. The third-order valence-electron chi connectivity index (χ3n) is 14.3. The van der Waals surface area contributed by atoms with Gasteiger partial charge in [-0.1, -0.05) is 30.3 Å². The van der Waals surface area contributed by atoms with Crippen LogP contribution in [0.4, 0.5) is 17.1 Å². The first-order valence-electron chi connectivity index (χ1n) is 25.3.